The van der Waals surface area contributed by atoms with Crippen LogP contribution in [0.2, 0.25) is 0 Å². The molecule has 3 aromatic rings. The first-order valence-electron chi connectivity index (χ1n) is 9.44. The van der Waals surface area contributed by atoms with Gasteiger partial charge in [0.25, 0.3) is 0 Å². The number of amides is 1. The van der Waals surface area contributed by atoms with Gasteiger partial charge in [0.1, 0.15) is 0 Å². The number of carbonyl (C=O) groups is 1. The minimum Gasteiger partial charge on any atom is -0.378 e. The van der Waals surface area contributed by atoms with Gasteiger partial charge in [-0.2, -0.15) is 0 Å². The predicted molar refractivity (Wildman–Crippen MR) is 115 cm³/mol. The van der Waals surface area contributed by atoms with E-state index in [1.807, 2.05) is 30.3 Å². The van der Waals surface area contributed by atoms with Crippen molar-refractivity contribution < 1.29 is 9.53 Å². The van der Waals surface area contributed by atoms with E-state index in [4.69, 9.17) is 4.74 Å². The Kier molecular flexibility index (Phi) is 7.04. The van der Waals surface area contributed by atoms with Gasteiger partial charge in [-0.3, -0.25) is 4.79 Å². The molecule has 1 aliphatic rings. The molecule has 4 nitrogen and oxygen atoms in total. The van der Waals surface area contributed by atoms with Crippen LogP contribution in [0.4, 0.5) is 0 Å². The molecule has 2 atom stereocenters. The van der Waals surface area contributed by atoms with E-state index < -0.39 is 0 Å². The molecule has 0 saturated carbocycles. The lowest BCUT2D eigenvalue weighted by molar-refractivity contribution is -0.122. The van der Waals surface area contributed by atoms with Crippen molar-refractivity contribution in [3.8, 4) is 0 Å². The van der Waals surface area contributed by atoms with Crippen molar-refractivity contribution in [3.63, 3.8) is 0 Å². The number of benzene rings is 3. The highest BCUT2D eigenvalue weighted by Crippen LogP contribution is 2.29. The number of rotatable bonds is 5. The van der Waals surface area contributed by atoms with E-state index in [1.54, 1.807) is 0 Å². The van der Waals surface area contributed by atoms with Crippen molar-refractivity contribution in [2.24, 2.45) is 0 Å². The van der Waals surface area contributed by atoms with E-state index in [0.29, 0.717) is 19.6 Å². The van der Waals surface area contributed by atoms with Crippen LogP contribution in [0, 0.1) is 0 Å². The van der Waals surface area contributed by atoms with Crippen molar-refractivity contribution >= 4 is 29.1 Å². The van der Waals surface area contributed by atoms with Crippen molar-refractivity contribution in [3.05, 3.63) is 83.9 Å². The average molecular weight is 397 g/mol. The van der Waals surface area contributed by atoms with Crippen molar-refractivity contribution in [2.75, 3.05) is 19.8 Å². The molecule has 1 fully saturated rings. The lowest BCUT2D eigenvalue weighted by Crippen LogP contribution is -2.44. The minimum absolute atomic E-state index is 0. The van der Waals surface area contributed by atoms with Gasteiger partial charge in [-0.1, -0.05) is 72.8 Å². The summed E-state index contributed by atoms with van der Waals surface area (Å²) in [5, 5.41) is 8.94. The molecule has 2 unspecified atom stereocenters. The van der Waals surface area contributed by atoms with Gasteiger partial charge in [0.15, 0.2) is 0 Å². The summed E-state index contributed by atoms with van der Waals surface area (Å²) in [7, 11) is 0. The SMILES string of the molecule is Cl.O=C(CC1COCCN1)NC(c1ccccc1)c1cccc2ccccc12. The molecule has 0 aromatic heterocycles. The van der Waals surface area contributed by atoms with Gasteiger partial charge in [-0.15, -0.1) is 12.4 Å². The number of hydrogen-bond donors (Lipinski definition) is 2. The molecule has 3 aromatic carbocycles. The third-order valence-corrected chi connectivity index (χ3v) is 5.00. The molecular weight excluding hydrogens is 372 g/mol. The highest BCUT2D eigenvalue weighted by atomic mass is 35.5. The van der Waals surface area contributed by atoms with Crippen molar-refractivity contribution in [2.45, 2.75) is 18.5 Å². The largest absolute Gasteiger partial charge is 0.378 e. The number of carbonyl (C=O) groups excluding carboxylic acids is 1. The molecule has 1 amide bonds. The van der Waals surface area contributed by atoms with E-state index in [2.05, 4.69) is 53.1 Å². The molecule has 1 heterocycles. The monoisotopic (exact) mass is 396 g/mol. The summed E-state index contributed by atoms with van der Waals surface area (Å²) in [5.74, 6) is 0.0276. The zero-order valence-electron chi connectivity index (χ0n) is 15.6. The molecule has 0 bridgehead atoms. The Morgan fingerprint density at radius 2 is 1.79 bits per heavy atom. The van der Waals surface area contributed by atoms with Gasteiger partial charge >= 0.3 is 0 Å². The molecule has 146 valence electrons. The molecular formula is C23H25ClN2O2. The van der Waals surface area contributed by atoms with Crippen LogP contribution in [0.3, 0.4) is 0 Å². The summed E-state index contributed by atoms with van der Waals surface area (Å²) in [5.41, 5.74) is 2.19. The van der Waals surface area contributed by atoms with E-state index in [1.165, 1.54) is 5.39 Å². The van der Waals surface area contributed by atoms with E-state index >= 15 is 0 Å². The van der Waals surface area contributed by atoms with Crippen LogP contribution < -0.4 is 10.6 Å². The van der Waals surface area contributed by atoms with Gasteiger partial charge in [-0.25, -0.2) is 0 Å². The first-order valence-corrected chi connectivity index (χ1v) is 9.44. The second-order valence-corrected chi connectivity index (χ2v) is 6.91. The van der Waals surface area contributed by atoms with Crippen molar-refractivity contribution in [1.82, 2.24) is 10.6 Å². The quantitative estimate of drug-likeness (QED) is 0.688. The fourth-order valence-electron chi connectivity index (χ4n) is 3.68. The summed E-state index contributed by atoms with van der Waals surface area (Å²) in [6, 6.07) is 24.6. The van der Waals surface area contributed by atoms with Gasteiger partial charge in [0, 0.05) is 19.0 Å². The summed E-state index contributed by atoms with van der Waals surface area (Å²) < 4.78 is 5.47. The Bertz CT molecular complexity index is 905. The number of nitrogens with one attached hydrogen (secondary N) is 2. The van der Waals surface area contributed by atoms with Crippen LogP contribution in [0.1, 0.15) is 23.6 Å². The van der Waals surface area contributed by atoms with Crippen LogP contribution in [0.15, 0.2) is 72.8 Å². The Balaban J connectivity index is 0.00000225. The second kappa shape index (κ2) is 9.69. The lowest BCUT2D eigenvalue weighted by Gasteiger charge is -2.26. The molecule has 1 aliphatic heterocycles. The highest BCUT2D eigenvalue weighted by Gasteiger charge is 2.22. The highest BCUT2D eigenvalue weighted by molar-refractivity contribution is 5.87. The third-order valence-electron chi connectivity index (χ3n) is 5.00. The molecule has 1 saturated heterocycles. The third kappa shape index (κ3) is 4.71. The minimum atomic E-state index is -0.186. The summed E-state index contributed by atoms with van der Waals surface area (Å²) in [6.45, 7) is 2.09. The molecule has 28 heavy (non-hydrogen) atoms. The Hall–Kier alpha value is -2.40. The number of ether oxygens (including phenoxy) is 1. The van der Waals surface area contributed by atoms with Crippen molar-refractivity contribution in [1.29, 1.82) is 0 Å². The zero-order chi connectivity index (χ0) is 18.5. The van der Waals surface area contributed by atoms with Crippen LogP contribution in [0.5, 0.6) is 0 Å². The smallest absolute Gasteiger partial charge is 0.222 e. The number of fused-ring (bicyclic) bond motifs is 1. The van der Waals surface area contributed by atoms with Crippen LogP contribution in [0.25, 0.3) is 10.8 Å². The first kappa shape index (κ1) is 20.3. The van der Waals surface area contributed by atoms with E-state index in [0.717, 1.165) is 23.1 Å². The topological polar surface area (TPSA) is 50.4 Å². The lowest BCUT2D eigenvalue weighted by atomic mass is 9.93. The predicted octanol–water partition coefficient (Wildman–Crippen LogP) is 3.85. The zero-order valence-corrected chi connectivity index (χ0v) is 16.5. The Labute approximate surface area is 171 Å². The van der Waals surface area contributed by atoms with Gasteiger partial charge < -0.3 is 15.4 Å². The summed E-state index contributed by atoms with van der Waals surface area (Å²) >= 11 is 0. The molecule has 0 radical (unpaired) electrons. The molecule has 2 N–H and O–H groups in total. The molecule has 0 spiro atoms. The summed E-state index contributed by atoms with van der Waals surface area (Å²) in [4.78, 5) is 12.8. The Morgan fingerprint density at radius 3 is 2.57 bits per heavy atom. The normalized spacial score (nSPS) is 17.5. The molecule has 5 heteroatoms. The van der Waals surface area contributed by atoms with Gasteiger partial charge in [-0.05, 0) is 21.9 Å². The van der Waals surface area contributed by atoms with Crippen LogP contribution in [-0.2, 0) is 9.53 Å². The maximum Gasteiger partial charge on any atom is 0.222 e. The molecule has 0 aliphatic carbocycles. The standard InChI is InChI=1S/C23H24N2O2.ClH/c26-22(15-19-16-27-14-13-24-19)25-23(18-8-2-1-3-9-18)21-12-6-10-17-7-4-5-11-20(17)21;/h1-12,19,23-24H,13-16H2,(H,25,26);1H. The van der Waals surface area contributed by atoms with Gasteiger partial charge in [0.2, 0.25) is 5.91 Å². The van der Waals surface area contributed by atoms with E-state index in [9.17, 15) is 4.79 Å². The number of halogens is 1. The maximum absolute atomic E-state index is 12.8. The fourth-order valence-corrected chi connectivity index (χ4v) is 3.68. The Morgan fingerprint density at radius 1 is 1.04 bits per heavy atom. The first-order chi connectivity index (χ1) is 13.3. The fraction of sp³-hybridized carbons (Fsp3) is 0.261. The average Bonchev–Trinajstić information content (AvgIpc) is 2.73. The van der Waals surface area contributed by atoms with Crippen LogP contribution in [-0.4, -0.2) is 31.7 Å². The van der Waals surface area contributed by atoms with Gasteiger partial charge in [0.05, 0.1) is 19.3 Å². The van der Waals surface area contributed by atoms with Crippen LogP contribution >= 0.6 is 12.4 Å². The summed E-state index contributed by atoms with van der Waals surface area (Å²) in [6.07, 6.45) is 0.411. The van der Waals surface area contributed by atoms with E-state index in [-0.39, 0.29) is 30.4 Å². The maximum atomic E-state index is 12.8. The second-order valence-electron chi connectivity index (χ2n) is 6.91. The number of hydrogen-bond acceptors (Lipinski definition) is 3. The molecule has 4 rings (SSSR count). The number of morpholine rings is 1.